The van der Waals surface area contributed by atoms with Crippen molar-refractivity contribution in [1.82, 2.24) is 9.97 Å². The summed E-state index contributed by atoms with van der Waals surface area (Å²) in [6, 6.07) is 0. The van der Waals surface area contributed by atoms with Crippen LogP contribution in [0.4, 0.5) is 0 Å². The van der Waals surface area contributed by atoms with Gasteiger partial charge in [0, 0.05) is 12.4 Å². The van der Waals surface area contributed by atoms with Gasteiger partial charge in [-0.3, -0.25) is 0 Å². The first-order valence-electron chi connectivity index (χ1n) is 1.43. The fourth-order valence-corrected chi connectivity index (χ4v) is 0.215. The fourth-order valence-electron chi connectivity index (χ4n) is 0.215. The van der Waals surface area contributed by atoms with Gasteiger partial charge in [0.05, 0.1) is 6.33 Å². The third kappa shape index (κ3) is 1.24. The largest absolute Gasteiger partial charge is 1.00 e. The summed E-state index contributed by atoms with van der Waals surface area (Å²) in [5.41, 5.74) is 0. The van der Waals surface area contributed by atoms with Gasteiger partial charge in [-0.2, -0.15) is 0 Å². The summed E-state index contributed by atoms with van der Waals surface area (Å²) in [6.07, 6.45) is 5.08. The minimum absolute atomic E-state index is 0. The summed E-state index contributed by atoms with van der Waals surface area (Å²) < 4.78 is 0. The molecule has 0 saturated carbocycles. The SMILES string of the molecule is [Cu+].c1c[nH]cn1. The molecule has 0 radical (unpaired) electrons. The molecule has 0 saturated heterocycles. The Balaban J connectivity index is 0.000000250. The number of aromatic amines is 1. The van der Waals surface area contributed by atoms with Gasteiger partial charge in [0.2, 0.25) is 0 Å². The molecule has 0 atom stereocenters. The van der Waals surface area contributed by atoms with Crippen molar-refractivity contribution in [2.75, 3.05) is 0 Å². The van der Waals surface area contributed by atoms with E-state index in [1.54, 1.807) is 18.7 Å². The van der Waals surface area contributed by atoms with E-state index >= 15 is 0 Å². The van der Waals surface area contributed by atoms with Crippen molar-refractivity contribution < 1.29 is 17.1 Å². The van der Waals surface area contributed by atoms with Crippen LogP contribution in [0.15, 0.2) is 18.7 Å². The van der Waals surface area contributed by atoms with Gasteiger partial charge in [0.1, 0.15) is 0 Å². The Bertz CT molecular complexity index is 65.3. The minimum Gasteiger partial charge on any atom is -0.351 e. The molecule has 3 heteroatoms. The maximum absolute atomic E-state index is 3.67. The second kappa shape index (κ2) is 2.94. The molecule has 1 aromatic heterocycles. The first-order valence-corrected chi connectivity index (χ1v) is 1.43. The van der Waals surface area contributed by atoms with Crippen LogP contribution in [-0.4, -0.2) is 9.97 Å². The normalized spacial score (nSPS) is 6.67. The maximum atomic E-state index is 3.67. The number of imidazole rings is 1. The van der Waals surface area contributed by atoms with Crippen molar-refractivity contribution in [1.29, 1.82) is 0 Å². The molecular weight excluding hydrogens is 128 g/mol. The molecule has 6 heavy (non-hydrogen) atoms. The smallest absolute Gasteiger partial charge is 0.351 e. The Morgan fingerprint density at radius 3 is 2.50 bits per heavy atom. The molecule has 0 aliphatic rings. The van der Waals surface area contributed by atoms with Crippen molar-refractivity contribution in [2.45, 2.75) is 0 Å². The average Bonchev–Trinajstić information content (AvgIpc) is 1.76. The molecule has 1 aromatic rings. The fraction of sp³-hybridized carbons (Fsp3) is 0. The molecule has 1 rings (SSSR count). The van der Waals surface area contributed by atoms with E-state index < -0.39 is 0 Å². The summed E-state index contributed by atoms with van der Waals surface area (Å²) in [7, 11) is 0. The maximum Gasteiger partial charge on any atom is 1.00 e. The molecule has 36 valence electrons. The molecule has 0 fully saturated rings. The molecule has 0 unspecified atom stereocenters. The second-order valence-corrected chi connectivity index (χ2v) is 0.761. The molecule has 1 N–H and O–H groups in total. The van der Waals surface area contributed by atoms with Crippen molar-refractivity contribution in [3.63, 3.8) is 0 Å². The molecule has 0 aliphatic carbocycles. The number of hydrogen-bond donors (Lipinski definition) is 1. The first-order chi connectivity index (χ1) is 2.50. The summed E-state index contributed by atoms with van der Waals surface area (Å²) >= 11 is 0. The van der Waals surface area contributed by atoms with E-state index in [0.29, 0.717) is 0 Å². The number of nitrogens with zero attached hydrogens (tertiary/aromatic N) is 1. The topological polar surface area (TPSA) is 28.7 Å². The van der Waals surface area contributed by atoms with E-state index in [1.807, 2.05) is 0 Å². The van der Waals surface area contributed by atoms with Crippen molar-refractivity contribution >= 4 is 0 Å². The quantitative estimate of drug-likeness (QED) is 0.508. The summed E-state index contributed by atoms with van der Waals surface area (Å²) in [6.45, 7) is 0. The molecule has 0 spiro atoms. The van der Waals surface area contributed by atoms with Gasteiger partial charge in [-0.1, -0.05) is 0 Å². The Morgan fingerprint density at radius 1 is 1.50 bits per heavy atom. The predicted molar refractivity (Wildman–Crippen MR) is 18.6 cm³/mol. The van der Waals surface area contributed by atoms with Gasteiger partial charge in [-0.25, -0.2) is 4.98 Å². The number of nitrogens with one attached hydrogen (secondary N) is 1. The molecule has 0 aromatic carbocycles. The Labute approximate surface area is 46.5 Å². The van der Waals surface area contributed by atoms with Crippen LogP contribution in [0.25, 0.3) is 0 Å². The third-order valence-corrected chi connectivity index (χ3v) is 0.406. The molecule has 1 heterocycles. The molecule has 0 bridgehead atoms. The van der Waals surface area contributed by atoms with Crippen molar-refractivity contribution in [3.8, 4) is 0 Å². The third-order valence-electron chi connectivity index (χ3n) is 0.406. The van der Waals surface area contributed by atoms with Crippen LogP contribution in [0, 0.1) is 0 Å². The van der Waals surface area contributed by atoms with Gasteiger partial charge in [0.25, 0.3) is 0 Å². The molecular formula is C3H4CuN2+. The van der Waals surface area contributed by atoms with E-state index in [2.05, 4.69) is 9.97 Å². The Hall–Kier alpha value is -0.271. The van der Waals surface area contributed by atoms with Crippen molar-refractivity contribution in [3.05, 3.63) is 18.7 Å². The summed E-state index contributed by atoms with van der Waals surface area (Å²) in [5.74, 6) is 0. The Morgan fingerprint density at radius 2 is 2.33 bits per heavy atom. The van der Waals surface area contributed by atoms with E-state index in [9.17, 15) is 0 Å². The zero-order valence-electron chi connectivity index (χ0n) is 2.98. The van der Waals surface area contributed by atoms with Crippen LogP contribution in [0.2, 0.25) is 0 Å². The van der Waals surface area contributed by atoms with Crippen LogP contribution >= 0.6 is 0 Å². The number of aromatic nitrogens is 2. The number of H-pyrrole nitrogens is 1. The standard InChI is InChI=1S/C3H4N2.Cu/c1-2-5-3-4-1;/h1-3H,(H,4,5);/q;+1. The van der Waals surface area contributed by atoms with Gasteiger partial charge in [-0.05, 0) is 0 Å². The molecule has 2 nitrogen and oxygen atoms in total. The van der Waals surface area contributed by atoms with Crippen LogP contribution in [0.1, 0.15) is 0 Å². The Kier molecular flexibility index (Phi) is 2.81. The monoisotopic (exact) mass is 131 g/mol. The zero-order chi connectivity index (χ0) is 3.54. The number of rotatable bonds is 0. The predicted octanol–water partition coefficient (Wildman–Crippen LogP) is 0.407. The van der Waals surface area contributed by atoms with Crippen molar-refractivity contribution in [2.24, 2.45) is 0 Å². The summed E-state index contributed by atoms with van der Waals surface area (Å²) in [4.78, 5) is 6.42. The van der Waals surface area contributed by atoms with Crippen LogP contribution in [0.5, 0.6) is 0 Å². The average molecular weight is 132 g/mol. The minimum atomic E-state index is 0. The number of hydrogen-bond acceptors (Lipinski definition) is 1. The summed E-state index contributed by atoms with van der Waals surface area (Å²) in [5, 5.41) is 0. The molecule has 0 amide bonds. The van der Waals surface area contributed by atoms with Crippen LogP contribution < -0.4 is 0 Å². The van der Waals surface area contributed by atoms with Crippen LogP contribution in [-0.2, 0) is 17.1 Å². The van der Waals surface area contributed by atoms with Gasteiger partial charge in [0.15, 0.2) is 0 Å². The zero-order valence-corrected chi connectivity index (χ0v) is 3.92. The first kappa shape index (κ1) is 5.73. The van der Waals surface area contributed by atoms with Gasteiger partial charge >= 0.3 is 17.1 Å². The van der Waals surface area contributed by atoms with Gasteiger partial charge < -0.3 is 4.98 Å². The van der Waals surface area contributed by atoms with E-state index in [0.717, 1.165) is 0 Å². The van der Waals surface area contributed by atoms with E-state index in [1.165, 1.54) is 0 Å². The van der Waals surface area contributed by atoms with E-state index in [-0.39, 0.29) is 17.1 Å². The van der Waals surface area contributed by atoms with E-state index in [4.69, 9.17) is 0 Å². The van der Waals surface area contributed by atoms with Gasteiger partial charge in [-0.15, -0.1) is 0 Å². The molecule has 0 aliphatic heterocycles. The second-order valence-electron chi connectivity index (χ2n) is 0.761. The van der Waals surface area contributed by atoms with Crippen LogP contribution in [0.3, 0.4) is 0 Å².